The molecule has 122 valence electrons. The first kappa shape index (κ1) is 16.6. The van der Waals surface area contributed by atoms with Gasteiger partial charge in [0.15, 0.2) is 0 Å². The minimum absolute atomic E-state index is 0.650. The third kappa shape index (κ3) is 4.38. The topological polar surface area (TPSA) is 24.1 Å². The quantitative estimate of drug-likeness (QED) is 0.860. The zero-order valence-corrected chi connectivity index (χ0v) is 14.6. The van der Waals surface area contributed by atoms with Gasteiger partial charge in [0.05, 0.1) is 10.0 Å². The van der Waals surface area contributed by atoms with Crippen molar-refractivity contribution in [3.8, 4) is 0 Å². The van der Waals surface area contributed by atoms with E-state index in [4.69, 9.17) is 23.2 Å². The molecule has 22 heavy (non-hydrogen) atoms. The molecule has 1 heterocycles. The van der Waals surface area contributed by atoms with E-state index in [-0.39, 0.29) is 0 Å². The monoisotopic (exact) mass is 340 g/mol. The fourth-order valence-corrected chi connectivity index (χ4v) is 4.10. The van der Waals surface area contributed by atoms with Crippen molar-refractivity contribution in [1.29, 1.82) is 0 Å². The van der Waals surface area contributed by atoms with Gasteiger partial charge in [-0.05, 0) is 93.8 Å². The number of hydrogen-bond acceptors (Lipinski definition) is 2. The molecular formula is C18H26Cl2N2. The van der Waals surface area contributed by atoms with E-state index >= 15 is 0 Å². The second kappa shape index (κ2) is 8.01. The Morgan fingerprint density at radius 3 is 2.36 bits per heavy atom. The second-order valence-electron chi connectivity index (χ2n) is 6.76. The Kier molecular flexibility index (Phi) is 6.03. The molecule has 2 nitrogen and oxygen atoms in total. The zero-order chi connectivity index (χ0) is 15.4. The van der Waals surface area contributed by atoms with Crippen molar-refractivity contribution in [2.45, 2.75) is 51.0 Å². The van der Waals surface area contributed by atoms with Gasteiger partial charge in [-0.2, -0.15) is 0 Å². The molecule has 1 aliphatic carbocycles. The Morgan fingerprint density at radius 1 is 0.955 bits per heavy atom. The van der Waals surface area contributed by atoms with Crippen molar-refractivity contribution >= 4 is 23.2 Å². The van der Waals surface area contributed by atoms with E-state index in [9.17, 15) is 0 Å². The molecule has 1 saturated heterocycles. The highest BCUT2D eigenvalue weighted by atomic mass is 35.5. The van der Waals surface area contributed by atoms with Crippen LogP contribution in [0.5, 0.6) is 0 Å². The van der Waals surface area contributed by atoms with Crippen molar-refractivity contribution < 1.29 is 0 Å². The fourth-order valence-electron chi connectivity index (χ4n) is 3.73. The largest absolute Gasteiger partial charge is 0.317 e. The Bertz CT molecular complexity index is 498. The number of piperidine rings is 1. The van der Waals surface area contributed by atoms with Crippen molar-refractivity contribution in [2.24, 2.45) is 5.92 Å². The van der Waals surface area contributed by atoms with Gasteiger partial charge in [-0.15, -0.1) is 0 Å². The summed E-state index contributed by atoms with van der Waals surface area (Å²) in [7, 11) is 0. The van der Waals surface area contributed by atoms with Crippen LogP contribution >= 0.6 is 23.2 Å². The summed E-state index contributed by atoms with van der Waals surface area (Å²) in [5, 5.41) is 8.66. The number of aryl methyl sites for hydroxylation is 2. The maximum Gasteiger partial charge on any atom is 0.0595 e. The molecule has 0 bridgehead atoms. The number of nitrogens with one attached hydrogen (secondary N) is 2. The molecule has 1 aliphatic heterocycles. The molecule has 0 saturated carbocycles. The van der Waals surface area contributed by atoms with Gasteiger partial charge in [0.2, 0.25) is 0 Å². The van der Waals surface area contributed by atoms with Gasteiger partial charge in [-0.25, -0.2) is 0 Å². The molecule has 2 N–H and O–H groups in total. The predicted octanol–water partition coefficient (Wildman–Crippen LogP) is 4.22. The molecule has 1 unspecified atom stereocenters. The fraction of sp³-hybridized carbons (Fsp3) is 0.667. The molecule has 0 radical (unpaired) electrons. The lowest BCUT2D eigenvalue weighted by Crippen LogP contribution is -2.38. The van der Waals surface area contributed by atoms with Crippen LogP contribution in [0.3, 0.4) is 0 Å². The van der Waals surface area contributed by atoms with E-state index in [2.05, 4.69) is 22.8 Å². The average Bonchev–Trinajstić information content (AvgIpc) is 2.52. The number of halogens is 2. The lowest BCUT2D eigenvalue weighted by Gasteiger charge is -2.27. The Balaban J connectivity index is 1.55. The van der Waals surface area contributed by atoms with Crippen molar-refractivity contribution in [3.63, 3.8) is 0 Å². The van der Waals surface area contributed by atoms with Crippen LogP contribution in [0.25, 0.3) is 0 Å². The predicted molar refractivity (Wildman–Crippen MR) is 95.1 cm³/mol. The summed E-state index contributed by atoms with van der Waals surface area (Å²) in [4.78, 5) is 0. The van der Waals surface area contributed by atoms with Gasteiger partial charge in [0.25, 0.3) is 0 Å². The summed E-state index contributed by atoms with van der Waals surface area (Å²) < 4.78 is 0. The highest BCUT2D eigenvalue weighted by Crippen LogP contribution is 2.29. The number of rotatable bonds is 3. The second-order valence-corrected chi connectivity index (χ2v) is 7.58. The van der Waals surface area contributed by atoms with E-state index in [0.717, 1.165) is 18.8 Å². The number of fused-ring (bicyclic) bond motifs is 1. The van der Waals surface area contributed by atoms with Crippen LogP contribution < -0.4 is 10.6 Å². The van der Waals surface area contributed by atoms with Crippen molar-refractivity contribution in [3.05, 3.63) is 33.3 Å². The van der Waals surface area contributed by atoms with E-state index < -0.39 is 0 Å². The van der Waals surface area contributed by atoms with Gasteiger partial charge in [0.1, 0.15) is 0 Å². The summed E-state index contributed by atoms with van der Waals surface area (Å²) in [6.45, 7) is 3.55. The van der Waals surface area contributed by atoms with Gasteiger partial charge >= 0.3 is 0 Å². The smallest absolute Gasteiger partial charge is 0.0595 e. The van der Waals surface area contributed by atoms with Crippen LogP contribution in [0.15, 0.2) is 12.1 Å². The Hall–Kier alpha value is -0.280. The zero-order valence-electron chi connectivity index (χ0n) is 13.1. The molecule has 1 aromatic carbocycles. The molecular weight excluding hydrogens is 315 g/mol. The van der Waals surface area contributed by atoms with Crippen LogP contribution in [-0.4, -0.2) is 25.7 Å². The third-order valence-electron chi connectivity index (χ3n) is 5.16. The van der Waals surface area contributed by atoms with E-state index in [0.29, 0.717) is 16.1 Å². The molecule has 4 heteroatoms. The third-order valence-corrected chi connectivity index (χ3v) is 5.88. The molecule has 1 aromatic rings. The van der Waals surface area contributed by atoms with Crippen molar-refractivity contribution in [2.75, 3.05) is 19.6 Å². The molecule has 0 aromatic heterocycles. The minimum atomic E-state index is 0.650. The standard InChI is InChI=1S/C18H26Cl2N2/c19-17-10-14-2-1-3-16(5-4-15(14)11-18(17)20)22-12-13-6-8-21-9-7-13/h10-11,13,16,21-22H,1-9,12H2. The maximum absolute atomic E-state index is 6.19. The lowest BCUT2D eigenvalue weighted by atomic mass is 9.90. The van der Waals surface area contributed by atoms with Crippen LogP contribution in [0.4, 0.5) is 0 Å². The average molecular weight is 341 g/mol. The van der Waals surface area contributed by atoms with Gasteiger partial charge in [0, 0.05) is 6.04 Å². The first-order valence-corrected chi connectivity index (χ1v) is 9.39. The van der Waals surface area contributed by atoms with E-state index in [1.165, 1.54) is 62.9 Å². The van der Waals surface area contributed by atoms with Crippen LogP contribution in [0.1, 0.15) is 43.2 Å². The summed E-state index contributed by atoms with van der Waals surface area (Å²) in [6, 6.07) is 4.80. The molecule has 3 rings (SSSR count). The summed E-state index contributed by atoms with van der Waals surface area (Å²) >= 11 is 12.3. The molecule has 1 atom stereocenters. The van der Waals surface area contributed by atoms with E-state index in [1.807, 2.05) is 0 Å². The van der Waals surface area contributed by atoms with Gasteiger partial charge in [-0.1, -0.05) is 23.2 Å². The van der Waals surface area contributed by atoms with Crippen LogP contribution in [0, 0.1) is 5.92 Å². The lowest BCUT2D eigenvalue weighted by molar-refractivity contribution is 0.325. The van der Waals surface area contributed by atoms with E-state index in [1.54, 1.807) is 0 Å². The number of hydrogen-bond donors (Lipinski definition) is 2. The summed E-state index contributed by atoms with van der Waals surface area (Å²) in [5.74, 6) is 0.854. The molecule has 0 amide bonds. The summed E-state index contributed by atoms with van der Waals surface area (Å²) in [5.41, 5.74) is 2.79. The molecule has 1 fully saturated rings. The van der Waals surface area contributed by atoms with Crippen molar-refractivity contribution in [1.82, 2.24) is 10.6 Å². The van der Waals surface area contributed by atoms with Gasteiger partial charge < -0.3 is 10.6 Å². The maximum atomic E-state index is 6.19. The highest BCUT2D eigenvalue weighted by molar-refractivity contribution is 6.42. The summed E-state index contributed by atoms with van der Waals surface area (Å²) in [6.07, 6.45) is 8.57. The first-order valence-electron chi connectivity index (χ1n) is 8.63. The first-order chi connectivity index (χ1) is 10.7. The van der Waals surface area contributed by atoms with Crippen LogP contribution in [0.2, 0.25) is 10.0 Å². The highest BCUT2D eigenvalue weighted by Gasteiger charge is 2.18. The van der Waals surface area contributed by atoms with Crippen LogP contribution in [-0.2, 0) is 12.8 Å². The Morgan fingerprint density at radius 2 is 1.64 bits per heavy atom. The molecule has 2 aliphatic rings. The molecule has 0 spiro atoms. The SMILES string of the molecule is Clc1cc2c(cc1Cl)CCC(NCC1CCNCC1)CCC2. The Labute approximate surface area is 144 Å². The number of benzene rings is 1. The minimum Gasteiger partial charge on any atom is -0.317 e. The van der Waals surface area contributed by atoms with Gasteiger partial charge in [-0.3, -0.25) is 0 Å². The normalized spacial score (nSPS) is 23.6.